The lowest BCUT2D eigenvalue weighted by Gasteiger charge is -2.19. The molecule has 1 aromatic heterocycles. The largest absolute Gasteiger partial charge is 0.497 e. The van der Waals surface area contributed by atoms with Gasteiger partial charge >= 0.3 is 0 Å². The molecule has 2 N–H and O–H groups in total. The minimum atomic E-state index is -0.178. The van der Waals surface area contributed by atoms with E-state index < -0.39 is 0 Å². The molecule has 0 unspecified atom stereocenters. The second kappa shape index (κ2) is 7.89. The summed E-state index contributed by atoms with van der Waals surface area (Å²) >= 11 is 0. The molecular weight excluding hydrogens is 352 g/mol. The number of rotatable bonds is 5. The van der Waals surface area contributed by atoms with Crippen molar-refractivity contribution in [3.05, 3.63) is 70.0 Å². The van der Waals surface area contributed by atoms with Crippen LogP contribution >= 0.6 is 0 Å². The molecule has 1 amide bonds. The molecule has 0 bridgehead atoms. The minimum Gasteiger partial charge on any atom is -0.497 e. The first kappa shape index (κ1) is 19.7. The number of methoxy groups -OCH3 is 1. The number of fused-ring (bicyclic) bond motifs is 1. The van der Waals surface area contributed by atoms with E-state index in [1.165, 1.54) is 5.56 Å². The number of ether oxygens (including phenoxy) is 1. The Balaban J connectivity index is 1.65. The average molecular weight is 378 g/mol. The summed E-state index contributed by atoms with van der Waals surface area (Å²) in [6.07, 6.45) is 0.620. The lowest BCUT2D eigenvalue weighted by atomic mass is 9.87. The van der Waals surface area contributed by atoms with E-state index in [-0.39, 0.29) is 23.3 Å². The molecule has 2 aromatic carbocycles. The summed E-state index contributed by atoms with van der Waals surface area (Å²) in [6.45, 7) is 6.45. The van der Waals surface area contributed by atoms with Gasteiger partial charge in [-0.2, -0.15) is 0 Å². The summed E-state index contributed by atoms with van der Waals surface area (Å²) in [5, 5.41) is 3.81. The summed E-state index contributed by atoms with van der Waals surface area (Å²) in [7, 11) is 1.59. The van der Waals surface area contributed by atoms with Gasteiger partial charge in [-0.3, -0.25) is 9.59 Å². The summed E-state index contributed by atoms with van der Waals surface area (Å²) in [6, 6.07) is 15.2. The first-order valence-corrected chi connectivity index (χ1v) is 9.36. The number of carbonyl (C=O) groups excluding carboxylic acids is 1. The molecule has 3 rings (SSSR count). The number of anilines is 1. The number of nitrogens with one attached hydrogen (secondary N) is 2. The monoisotopic (exact) mass is 378 g/mol. The van der Waals surface area contributed by atoms with Gasteiger partial charge in [-0.15, -0.1) is 0 Å². The molecule has 0 atom stereocenters. The Kier molecular flexibility index (Phi) is 5.54. The van der Waals surface area contributed by atoms with E-state index in [0.717, 1.165) is 16.6 Å². The molecule has 5 heteroatoms. The number of aryl methyl sites for hydroxylation is 1. The summed E-state index contributed by atoms with van der Waals surface area (Å²) in [4.78, 5) is 27.5. The zero-order valence-corrected chi connectivity index (χ0v) is 16.8. The maximum absolute atomic E-state index is 12.3. The van der Waals surface area contributed by atoms with Crippen LogP contribution in [-0.2, 0) is 16.6 Å². The van der Waals surface area contributed by atoms with Gasteiger partial charge in [0.2, 0.25) is 5.91 Å². The SMILES string of the molecule is COc1ccc2cc(CCC(=O)Nc3ccc(C(C)(C)C)cc3)c(=O)[nH]c2c1. The predicted octanol–water partition coefficient (Wildman–Crippen LogP) is 4.41. The van der Waals surface area contributed by atoms with E-state index >= 15 is 0 Å². The molecule has 146 valence electrons. The van der Waals surface area contributed by atoms with Crippen molar-refractivity contribution in [1.29, 1.82) is 0 Å². The highest BCUT2D eigenvalue weighted by molar-refractivity contribution is 5.91. The van der Waals surface area contributed by atoms with Crippen molar-refractivity contribution < 1.29 is 9.53 Å². The van der Waals surface area contributed by atoms with Crippen LogP contribution in [0, 0.1) is 0 Å². The standard InChI is InChI=1S/C23H26N2O3/c1-23(2,3)17-7-9-18(10-8-17)24-21(26)12-6-16-13-15-5-11-19(28-4)14-20(15)25-22(16)27/h5,7-11,13-14H,6,12H2,1-4H3,(H,24,26)(H,25,27). The van der Waals surface area contributed by atoms with Crippen LogP contribution in [0.15, 0.2) is 53.3 Å². The normalized spacial score (nSPS) is 11.4. The maximum atomic E-state index is 12.3. The molecule has 0 aliphatic rings. The predicted molar refractivity (Wildman–Crippen MR) is 113 cm³/mol. The quantitative estimate of drug-likeness (QED) is 0.691. The smallest absolute Gasteiger partial charge is 0.251 e. The molecule has 28 heavy (non-hydrogen) atoms. The van der Waals surface area contributed by atoms with Gasteiger partial charge in [0.1, 0.15) is 5.75 Å². The van der Waals surface area contributed by atoms with Crippen LogP contribution in [0.5, 0.6) is 5.75 Å². The number of benzene rings is 2. The number of hydrogen-bond acceptors (Lipinski definition) is 3. The summed E-state index contributed by atoms with van der Waals surface area (Å²) in [5.74, 6) is 0.575. The molecule has 0 spiro atoms. The molecule has 3 aromatic rings. The number of aromatic nitrogens is 1. The highest BCUT2D eigenvalue weighted by Gasteiger charge is 2.13. The molecule has 5 nitrogen and oxygen atoms in total. The van der Waals surface area contributed by atoms with Crippen molar-refractivity contribution in [1.82, 2.24) is 4.98 Å². The van der Waals surface area contributed by atoms with E-state index in [2.05, 4.69) is 31.1 Å². The molecule has 1 heterocycles. The fourth-order valence-corrected chi connectivity index (χ4v) is 3.06. The summed E-state index contributed by atoms with van der Waals surface area (Å²) < 4.78 is 5.18. The number of aromatic amines is 1. The topological polar surface area (TPSA) is 71.2 Å². The maximum Gasteiger partial charge on any atom is 0.251 e. The van der Waals surface area contributed by atoms with Gasteiger partial charge in [0.25, 0.3) is 5.56 Å². The van der Waals surface area contributed by atoms with E-state index in [4.69, 9.17) is 4.74 Å². The second-order valence-corrected chi connectivity index (χ2v) is 7.95. The van der Waals surface area contributed by atoms with Gasteiger partial charge < -0.3 is 15.0 Å². The highest BCUT2D eigenvalue weighted by atomic mass is 16.5. The molecule has 0 saturated carbocycles. The van der Waals surface area contributed by atoms with Crippen LogP contribution in [0.4, 0.5) is 5.69 Å². The van der Waals surface area contributed by atoms with Crippen molar-refractivity contribution in [3.8, 4) is 5.75 Å². The molecular formula is C23H26N2O3. The van der Waals surface area contributed by atoms with E-state index in [0.29, 0.717) is 17.7 Å². The Hall–Kier alpha value is -3.08. The van der Waals surface area contributed by atoms with Crippen molar-refractivity contribution >= 4 is 22.5 Å². The third kappa shape index (κ3) is 4.60. The van der Waals surface area contributed by atoms with Crippen LogP contribution < -0.4 is 15.6 Å². The van der Waals surface area contributed by atoms with E-state index in [1.807, 2.05) is 42.5 Å². The number of hydrogen-bond donors (Lipinski definition) is 2. The van der Waals surface area contributed by atoms with Crippen molar-refractivity contribution in [2.45, 2.75) is 39.0 Å². The number of H-pyrrole nitrogens is 1. The minimum absolute atomic E-state index is 0.0731. The fourth-order valence-electron chi connectivity index (χ4n) is 3.06. The van der Waals surface area contributed by atoms with Crippen LogP contribution in [0.25, 0.3) is 10.9 Å². The molecule has 0 fully saturated rings. The van der Waals surface area contributed by atoms with Crippen LogP contribution in [-0.4, -0.2) is 18.0 Å². The Bertz CT molecular complexity index is 1040. The Morgan fingerprint density at radius 3 is 2.43 bits per heavy atom. The van der Waals surface area contributed by atoms with Gasteiger partial charge in [0.05, 0.1) is 12.6 Å². The van der Waals surface area contributed by atoms with Gasteiger partial charge in [-0.05, 0) is 53.1 Å². The van der Waals surface area contributed by atoms with E-state index in [9.17, 15) is 9.59 Å². The lowest BCUT2D eigenvalue weighted by molar-refractivity contribution is -0.116. The first-order chi connectivity index (χ1) is 13.3. The van der Waals surface area contributed by atoms with Crippen LogP contribution in [0.1, 0.15) is 38.3 Å². The van der Waals surface area contributed by atoms with Crippen molar-refractivity contribution in [2.75, 3.05) is 12.4 Å². The Morgan fingerprint density at radius 2 is 1.79 bits per heavy atom. The zero-order valence-electron chi connectivity index (χ0n) is 16.8. The van der Waals surface area contributed by atoms with E-state index in [1.54, 1.807) is 13.2 Å². The molecule has 0 saturated heterocycles. The second-order valence-electron chi connectivity index (χ2n) is 7.95. The van der Waals surface area contributed by atoms with Crippen LogP contribution in [0.3, 0.4) is 0 Å². The van der Waals surface area contributed by atoms with Crippen molar-refractivity contribution in [3.63, 3.8) is 0 Å². The molecule has 0 radical (unpaired) electrons. The van der Waals surface area contributed by atoms with Gasteiger partial charge in [-0.25, -0.2) is 0 Å². The number of pyridine rings is 1. The van der Waals surface area contributed by atoms with Gasteiger partial charge in [0.15, 0.2) is 0 Å². The molecule has 0 aliphatic carbocycles. The fraction of sp³-hybridized carbons (Fsp3) is 0.304. The third-order valence-corrected chi connectivity index (χ3v) is 4.79. The number of carbonyl (C=O) groups is 1. The average Bonchev–Trinajstić information content (AvgIpc) is 2.65. The Labute approximate surface area is 164 Å². The van der Waals surface area contributed by atoms with Gasteiger partial charge in [0, 0.05) is 23.7 Å². The Morgan fingerprint density at radius 1 is 1.07 bits per heavy atom. The summed E-state index contributed by atoms with van der Waals surface area (Å²) in [5.41, 5.74) is 3.18. The first-order valence-electron chi connectivity index (χ1n) is 9.36. The van der Waals surface area contributed by atoms with Gasteiger partial charge in [-0.1, -0.05) is 32.9 Å². The lowest BCUT2D eigenvalue weighted by Crippen LogP contribution is -2.17. The molecule has 0 aliphatic heterocycles. The zero-order chi connectivity index (χ0) is 20.3. The number of amides is 1. The third-order valence-electron chi connectivity index (χ3n) is 4.79. The van der Waals surface area contributed by atoms with Crippen molar-refractivity contribution in [2.24, 2.45) is 0 Å². The van der Waals surface area contributed by atoms with Crippen LogP contribution in [0.2, 0.25) is 0 Å². The highest BCUT2D eigenvalue weighted by Crippen LogP contribution is 2.23.